The quantitative estimate of drug-likeness (QED) is 0.720. The number of hydrogen-bond acceptors (Lipinski definition) is 3. The molecule has 2 aromatic carbocycles. The Kier molecular flexibility index (Phi) is 5.01. The second kappa shape index (κ2) is 7.25. The number of nitrogens with zero attached hydrogens (tertiary/aromatic N) is 1. The van der Waals surface area contributed by atoms with Crippen LogP contribution in [0.5, 0.6) is 0 Å². The summed E-state index contributed by atoms with van der Waals surface area (Å²) in [6, 6.07) is 11.2. The number of halogens is 1. The maximum Gasteiger partial charge on any atom is 0.261 e. The van der Waals surface area contributed by atoms with Crippen molar-refractivity contribution in [2.24, 2.45) is 5.73 Å². The van der Waals surface area contributed by atoms with E-state index >= 15 is 0 Å². The van der Waals surface area contributed by atoms with Gasteiger partial charge in [0.1, 0.15) is 5.56 Å². The molecule has 0 spiro atoms. The first kappa shape index (κ1) is 18.7. The number of carbonyl (C=O) groups is 2. The van der Waals surface area contributed by atoms with Crippen molar-refractivity contribution in [3.8, 4) is 0 Å². The summed E-state index contributed by atoms with van der Waals surface area (Å²) < 4.78 is 1.86. The molecule has 0 aliphatic rings. The van der Waals surface area contributed by atoms with E-state index in [9.17, 15) is 14.4 Å². The number of fused-ring (bicyclic) bond motifs is 1. The van der Waals surface area contributed by atoms with Gasteiger partial charge < -0.3 is 15.6 Å². The molecule has 27 heavy (non-hydrogen) atoms. The maximum absolute atomic E-state index is 12.8. The second-order valence-electron chi connectivity index (χ2n) is 6.43. The summed E-state index contributed by atoms with van der Waals surface area (Å²) in [5.41, 5.74) is 6.31. The number of pyridine rings is 1. The van der Waals surface area contributed by atoms with Crippen molar-refractivity contribution in [1.82, 2.24) is 4.57 Å². The lowest BCUT2D eigenvalue weighted by atomic mass is 10.1. The SMILES string of the molecule is CC(C)n1cc(C(=O)Nc2ccc(C(N)=O)cc2)c(=O)c2cc(Cl)ccc21. The molecule has 3 N–H and O–H groups in total. The van der Waals surface area contributed by atoms with Gasteiger partial charge in [0, 0.05) is 33.9 Å². The third-order valence-corrected chi connectivity index (χ3v) is 4.46. The minimum atomic E-state index is -0.556. The van der Waals surface area contributed by atoms with Crippen molar-refractivity contribution >= 4 is 40.0 Å². The molecule has 0 atom stereocenters. The molecular formula is C20H18ClN3O3. The molecule has 1 heterocycles. The number of carbonyl (C=O) groups excluding carboxylic acids is 2. The normalized spacial score (nSPS) is 11.0. The number of rotatable bonds is 4. The molecule has 0 radical (unpaired) electrons. The van der Waals surface area contributed by atoms with Crippen molar-refractivity contribution in [2.45, 2.75) is 19.9 Å². The van der Waals surface area contributed by atoms with Gasteiger partial charge in [-0.25, -0.2) is 0 Å². The second-order valence-corrected chi connectivity index (χ2v) is 6.87. The van der Waals surface area contributed by atoms with Crippen LogP contribution < -0.4 is 16.5 Å². The van der Waals surface area contributed by atoms with Gasteiger partial charge in [0.25, 0.3) is 5.91 Å². The zero-order valence-electron chi connectivity index (χ0n) is 14.8. The van der Waals surface area contributed by atoms with Gasteiger partial charge in [0.15, 0.2) is 0 Å². The molecule has 0 aliphatic carbocycles. The van der Waals surface area contributed by atoms with Gasteiger partial charge in [-0.15, -0.1) is 0 Å². The number of nitrogens with two attached hydrogens (primary N) is 1. The first-order valence-electron chi connectivity index (χ1n) is 8.33. The molecule has 0 saturated heterocycles. The van der Waals surface area contributed by atoms with Crippen molar-refractivity contribution in [1.29, 1.82) is 0 Å². The molecule has 0 unspecified atom stereocenters. The Bertz CT molecular complexity index is 1100. The zero-order valence-corrected chi connectivity index (χ0v) is 15.6. The molecule has 0 saturated carbocycles. The Balaban J connectivity index is 2.05. The van der Waals surface area contributed by atoms with Crippen LogP contribution in [0.25, 0.3) is 10.9 Å². The summed E-state index contributed by atoms with van der Waals surface area (Å²) in [6.45, 7) is 3.92. The van der Waals surface area contributed by atoms with Crippen LogP contribution in [-0.2, 0) is 0 Å². The highest BCUT2D eigenvalue weighted by Crippen LogP contribution is 2.21. The van der Waals surface area contributed by atoms with E-state index in [4.69, 9.17) is 17.3 Å². The average Bonchev–Trinajstić information content (AvgIpc) is 2.62. The van der Waals surface area contributed by atoms with Crippen molar-refractivity contribution in [3.63, 3.8) is 0 Å². The third kappa shape index (κ3) is 3.71. The van der Waals surface area contributed by atoms with Gasteiger partial charge in [-0.05, 0) is 56.3 Å². The van der Waals surface area contributed by atoms with Crippen LogP contribution in [0.4, 0.5) is 5.69 Å². The molecule has 0 fully saturated rings. The largest absolute Gasteiger partial charge is 0.366 e. The number of hydrogen-bond donors (Lipinski definition) is 2. The maximum atomic E-state index is 12.8. The summed E-state index contributed by atoms with van der Waals surface area (Å²) in [6.07, 6.45) is 1.55. The summed E-state index contributed by atoms with van der Waals surface area (Å²) in [4.78, 5) is 36.7. The van der Waals surface area contributed by atoms with Crippen LogP contribution in [0.3, 0.4) is 0 Å². The van der Waals surface area contributed by atoms with E-state index in [0.717, 1.165) is 0 Å². The van der Waals surface area contributed by atoms with Gasteiger partial charge in [-0.2, -0.15) is 0 Å². The van der Waals surface area contributed by atoms with Gasteiger partial charge in [0.05, 0.1) is 5.52 Å². The lowest BCUT2D eigenvalue weighted by Gasteiger charge is -2.17. The summed E-state index contributed by atoms with van der Waals surface area (Å²) in [5, 5.41) is 3.48. The Labute approximate surface area is 160 Å². The van der Waals surface area contributed by atoms with E-state index in [1.807, 2.05) is 18.4 Å². The zero-order chi connectivity index (χ0) is 19.7. The van der Waals surface area contributed by atoms with Crippen molar-refractivity contribution in [3.05, 3.63) is 75.0 Å². The summed E-state index contributed by atoms with van der Waals surface area (Å²) in [5.74, 6) is -1.10. The first-order valence-corrected chi connectivity index (χ1v) is 8.71. The fourth-order valence-electron chi connectivity index (χ4n) is 2.83. The van der Waals surface area contributed by atoms with Crippen molar-refractivity contribution in [2.75, 3.05) is 5.32 Å². The molecule has 0 bridgehead atoms. The Morgan fingerprint density at radius 2 is 1.78 bits per heavy atom. The minimum Gasteiger partial charge on any atom is -0.366 e. The predicted octanol–water partition coefficient (Wildman–Crippen LogP) is 3.59. The molecule has 6 nitrogen and oxygen atoms in total. The molecule has 7 heteroatoms. The Morgan fingerprint density at radius 3 is 2.37 bits per heavy atom. The number of primary amides is 1. The van der Waals surface area contributed by atoms with Gasteiger partial charge in [-0.1, -0.05) is 11.6 Å². The predicted molar refractivity (Wildman–Crippen MR) is 107 cm³/mol. The summed E-state index contributed by atoms with van der Waals surface area (Å²) in [7, 11) is 0. The standard InChI is InChI=1S/C20H18ClN3O3/c1-11(2)24-10-16(18(25)15-9-13(21)5-8-17(15)24)20(27)23-14-6-3-12(4-7-14)19(22)26/h3-11H,1-2H3,(H2,22,26)(H,23,27). The van der Waals surface area contributed by atoms with E-state index in [1.165, 1.54) is 12.1 Å². The highest BCUT2D eigenvalue weighted by atomic mass is 35.5. The smallest absolute Gasteiger partial charge is 0.261 e. The van der Waals surface area contributed by atoms with Gasteiger partial charge in [0.2, 0.25) is 11.3 Å². The molecule has 0 aliphatic heterocycles. The number of aromatic nitrogens is 1. The van der Waals surface area contributed by atoms with Crippen LogP contribution >= 0.6 is 11.6 Å². The Hall–Kier alpha value is -3.12. The third-order valence-electron chi connectivity index (χ3n) is 4.22. The van der Waals surface area contributed by atoms with E-state index in [1.54, 1.807) is 36.5 Å². The van der Waals surface area contributed by atoms with Crippen molar-refractivity contribution < 1.29 is 9.59 Å². The summed E-state index contributed by atoms with van der Waals surface area (Å²) >= 11 is 6.04. The van der Waals surface area contributed by atoms with Crippen LogP contribution in [0.2, 0.25) is 5.02 Å². The fourth-order valence-corrected chi connectivity index (χ4v) is 3.00. The number of nitrogens with one attached hydrogen (secondary N) is 1. The molecule has 1 aromatic heterocycles. The molecule has 138 valence electrons. The Morgan fingerprint density at radius 1 is 1.11 bits per heavy atom. The van der Waals surface area contributed by atoms with Gasteiger partial charge in [-0.3, -0.25) is 14.4 Å². The van der Waals surface area contributed by atoms with Crippen LogP contribution in [0, 0.1) is 0 Å². The highest BCUT2D eigenvalue weighted by Gasteiger charge is 2.17. The minimum absolute atomic E-state index is 0.0115. The highest BCUT2D eigenvalue weighted by molar-refractivity contribution is 6.31. The molecule has 3 rings (SSSR count). The lowest BCUT2D eigenvalue weighted by molar-refractivity contribution is 0.0998. The fraction of sp³-hybridized carbons (Fsp3) is 0.150. The van der Waals surface area contributed by atoms with E-state index in [-0.39, 0.29) is 11.6 Å². The molecule has 3 aromatic rings. The van der Waals surface area contributed by atoms with E-state index in [2.05, 4.69) is 5.32 Å². The average molecular weight is 384 g/mol. The molecule has 2 amide bonds. The lowest BCUT2D eigenvalue weighted by Crippen LogP contribution is -2.24. The van der Waals surface area contributed by atoms with Gasteiger partial charge >= 0.3 is 0 Å². The monoisotopic (exact) mass is 383 g/mol. The van der Waals surface area contributed by atoms with Crippen LogP contribution in [-0.4, -0.2) is 16.4 Å². The van der Waals surface area contributed by atoms with E-state index in [0.29, 0.717) is 27.2 Å². The first-order chi connectivity index (χ1) is 12.8. The number of anilines is 1. The molecular weight excluding hydrogens is 366 g/mol. The number of benzene rings is 2. The van der Waals surface area contributed by atoms with Crippen LogP contribution in [0.1, 0.15) is 40.6 Å². The van der Waals surface area contributed by atoms with Crippen LogP contribution in [0.15, 0.2) is 53.5 Å². The number of amides is 2. The topological polar surface area (TPSA) is 94.2 Å². The van der Waals surface area contributed by atoms with E-state index < -0.39 is 17.2 Å².